The fraction of sp³-hybridized carbons (Fsp3) is 0.882. The lowest BCUT2D eigenvalue weighted by Crippen LogP contribution is -2.41. The lowest BCUT2D eigenvalue weighted by atomic mass is 10.0. The van der Waals surface area contributed by atoms with E-state index in [0.29, 0.717) is 32.4 Å². The molecule has 0 aromatic rings. The van der Waals surface area contributed by atoms with E-state index < -0.39 is 18.0 Å². The van der Waals surface area contributed by atoms with Crippen molar-refractivity contribution in [3.05, 3.63) is 0 Å². The monoisotopic (exact) mass is 612 g/mol. The van der Waals surface area contributed by atoms with Crippen LogP contribution in [-0.2, 0) is 23.9 Å². The molecule has 0 spiro atoms. The quantitative estimate of drug-likeness (QED) is 0.0592. The van der Waals surface area contributed by atoms with Gasteiger partial charge >= 0.3 is 11.9 Å². The van der Waals surface area contributed by atoms with Gasteiger partial charge in [0, 0.05) is 32.4 Å². The molecule has 0 aliphatic heterocycles. The first-order valence-electron chi connectivity index (χ1n) is 17.2. The fourth-order valence-electron chi connectivity index (χ4n) is 4.99. The number of nitrogens with one attached hydrogen (secondary N) is 2. The molecule has 1 atom stereocenters. The normalized spacial score (nSPS) is 12.2. The summed E-state index contributed by atoms with van der Waals surface area (Å²) in [4.78, 5) is 46.5. The van der Waals surface area contributed by atoms with Crippen LogP contribution in [-0.4, -0.2) is 58.8 Å². The second-order valence-electron chi connectivity index (χ2n) is 12.6. The molecule has 2 amide bonds. The van der Waals surface area contributed by atoms with Crippen molar-refractivity contribution in [2.75, 3.05) is 13.2 Å². The molecular weight excluding hydrogens is 548 g/mol. The molecule has 0 unspecified atom stereocenters. The van der Waals surface area contributed by atoms with E-state index in [9.17, 15) is 24.3 Å². The van der Waals surface area contributed by atoms with Gasteiger partial charge in [-0.1, -0.05) is 103 Å². The van der Waals surface area contributed by atoms with Gasteiger partial charge in [-0.3, -0.25) is 14.4 Å². The summed E-state index contributed by atoms with van der Waals surface area (Å²) in [5.74, 6) is -2.29. The second-order valence-corrected chi connectivity index (χ2v) is 12.6. The van der Waals surface area contributed by atoms with Gasteiger partial charge in [-0.15, -0.1) is 0 Å². The molecule has 9 heteroatoms. The summed E-state index contributed by atoms with van der Waals surface area (Å²) < 4.78 is 5.84. The summed E-state index contributed by atoms with van der Waals surface area (Å²) in [7, 11) is 0. The van der Waals surface area contributed by atoms with E-state index in [1.54, 1.807) is 0 Å². The molecule has 0 aromatic heterocycles. The molecule has 0 aromatic carbocycles. The maximum atomic E-state index is 12.3. The number of carboxylic acids is 2. The first-order valence-corrected chi connectivity index (χ1v) is 17.2. The van der Waals surface area contributed by atoms with Gasteiger partial charge in [-0.2, -0.15) is 0 Å². The fourth-order valence-corrected chi connectivity index (χ4v) is 4.99. The number of carboxylic acid groups (broad SMARTS) is 2. The van der Waals surface area contributed by atoms with Gasteiger partial charge in [0.25, 0.3) is 0 Å². The van der Waals surface area contributed by atoms with Crippen molar-refractivity contribution in [1.29, 1.82) is 0 Å². The Morgan fingerprint density at radius 3 is 1.56 bits per heavy atom. The molecule has 43 heavy (non-hydrogen) atoms. The third-order valence-corrected chi connectivity index (χ3v) is 7.88. The molecule has 0 heterocycles. The van der Waals surface area contributed by atoms with E-state index in [2.05, 4.69) is 17.6 Å². The molecule has 0 bridgehead atoms. The maximum Gasteiger partial charge on any atom is 0.326 e. The molecule has 4 N–H and O–H groups in total. The Morgan fingerprint density at radius 2 is 1.12 bits per heavy atom. The van der Waals surface area contributed by atoms with Crippen molar-refractivity contribution < 1.29 is 34.1 Å². The first-order chi connectivity index (χ1) is 20.6. The summed E-state index contributed by atoms with van der Waals surface area (Å²) in [6.45, 7) is 7.26. The Hall–Kier alpha value is -2.16. The zero-order chi connectivity index (χ0) is 32.2. The number of amides is 2. The average molecular weight is 613 g/mol. The molecule has 0 aliphatic rings. The van der Waals surface area contributed by atoms with Crippen LogP contribution in [0.1, 0.15) is 168 Å². The van der Waals surface area contributed by atoms with Crippen molar-refractivity contribution in [2.45, 2.75) is 180 Å². The summed E-state index contributed by atoms with van der Waals surface area (Å²) in [5, 5.41) is 23.5. The van der Waals surface area contributed by atoms with E-state index in [-0.39, 0.29) is 30.3 Å². The number of ether oxygens (including phenoxy) is 1. The number of carbonyl (C=O) groups excluding carboxylic acids is 2. The standard InChI is InChI=1S/C34H64N2O7/c1-4-5-28-43-34(2,3)26-27-35-30(37)25-24-29(33(41)42)36-31(38)22-20-18-16-14-12-10-8-6-7-9-11-13-15-17-19-21-23-32(39)40/h29H,4-28H2,1-3H3,(H,35,37)(H,36,38)(H,39,40)(H,41,42)/t29-/m0/s1. The van der Waals surface area contributed by atoms with Crippen LogP contribution in [0.15, 0.2) is 0 Å². The van der Waals surface area contributed by atoms with Crippen molar-refractivity contribution in [3.63, 3.8) is 0 Å². The first kappa shape index (κ1) is 40.8. The molecule has 0 fully saturated rings. The lowest BCUT2D eigenvalue weighted by molar-refractivity contribution is -0.142. The highest BCUT2D eigenvalue weighted by atomic mass is 16.5. The molecule has 0 saturated heterocycles. The third kappa shape index (κ3) is 28.4. The van der Waals surface area contributed by atoms with Crippen molar-refractivity contribution in [3.8, 4) is 0 Å². The second kappa shape index (κ2) is 27.4. The Balaban J connectivity index is 3.72. The Morgan fingerprint density at radius 1 is 0.651 bits per heavy atom. The van der Waals surface area contributed by atoms with Crippen LogP contribution < -0.4 is 10.6 Å². The highest BCUT2D eigenvalue weighted by Crippen LogP contribution is 2.16. The van der Waals surface area contributed by atoms with E-state index >= 15 is 0 Å². The zero-order valence-corrected chi connectivity index (χ0v) is 27.7. The minimum atomic E-state index is -1.11. The minimum Gasteiger partial charge on any atom is -0.481 e. The largest absolute Gasteiger partial charge is 0.481 e. The summed E-state index contributed by atoms with van der Waals surface area (Å²) in [6.07, 6.45) is 21.8. The summed E-state index contributed by atoms with van der Waals surface area (Å²) in [6, 6.07) is -1.05. The predicted octanol–water partition coefficient (Wildman–Crippen LogP) is 7.54. The van der Waals surface area contributed by atoms with Crippen LogP contribution in [0.3, 0.4) is 0 Å². The van der Waals surface area contributed by atoms with E-state index in [1.165, 1.54) is 64.2 Å². The van der Waals surface area contributed by atoms with Gasteiger partial charge in [0.2, 0.25) is 11.8 Å². The maximum absolute atomic E-state index is 12.3. The Bertz CT molecular complexity index is 742. The predicted molar refractivity (Wildman–Crippen MR) is 172 cm³/mol. The van der Waals surface area contributed by atoms with Crippen molar-refractivity contribution >= 4 is 23.8 Å². The van der Waals surface area contributed by atoms with Crippen molar-refractivity contribution in [2.24, 2.45) is 0 Å². The summed E-state index contributed by atoms with van der Waals surface area (Å²) >= 11 is 0. The SMILES string of the molecule is CCCCOC(C)(C)CCNC(=O)CC[C@H](NC(=O)CCCCCCCCCCCCCCCCCCC(=O)O)C(=O)O. The highest BCUT2D eigenvalue weighted by molar-refractivity contribution is 5.84. The number of unbranched alkanes of at least 4 members (excludes halogenated alkanes) is 16. The van der Waals surface area contributed by atoms with Gasteiger partial charge in [0.15, 0.2) is 0 Å². The van der Waals surface area contributed by atoms with Crippen LogP contribution in [0, 0.1) is 0 Å². The molecule has 0 aliphatic carbocycles. The smallest absolute Gasteiger partial charge is 0.326 e. The lowest BCUT2D eigenvalue weighted by Gasteiger charge is -2.25. The van der Waals surface area contributed by atoms with Crippen LogP contribution in [0.2, 0.25) is 0 Å². The number of carbonyl (C=O) groups is 4. The molecule has 0 saturated carbocycles. The van der Waals surface area contributed by atoms with E-state index in [4.69, 9.17) is 9.84 Å². The van der Waals surface area contributed by atoms with Crippen LogP contribution in [0.4, 0.5) is 0 Å². The zero-order valence-electron chi connectivity index (χ0n) is 27.7. The molecule has 0 rings (SSSR count). The van der Waals surface area contributed by atoms with Crippen molar-refractivity contribution in [1.82, 2.24) is 10.6 Å². The van der Waals surface area contributed by atoms with Crippen LogP contribution in [0.5, 0.6) is 0 Å². The minimum absolute atomic E-state index is 0.0476. The van der Waals surface area contributed by atoms with Crippen LogP contribution in [0.25, 0.3) is 0 Å². The Labute approximate surface area is 261 Å². The number of hydrogen-bond acceptors (Lipinski definition) is 5. The van der Waals surface area contributed by atoms with Gasteiger partial charge in [0.05, 0.1) is 5.60 Å². The van der Waals surface area contributed by atoms with Gasteiger partial charge < -0.3 is 25.6 Å². The topological polar surface area (TPSA) is 142 Å². The number of hydrogen-bond donors (Lipinski definition) is 4. The number of rotatable bonds is 31. The average Bonchev–Trinajstić information content (AvgIpc) is 2.94. The van der Waals surface area contributed by atoms with E-state index in [1.807, 2.05) is 13.8 Å². The van der Waals surface area contributed by atoms with E-state index in [0.717, 1.165) is 51.4 Å². The molecule has 252 valence electrons. The molecule has 0 radical (unpaired) electrons. The Kier molecular flexibility index (Phi) is 26.0. The summed E-state index contributed by atoms with van der Waals surface area (Å²) in [5.41, 5.74) is -0.324. The van der Waals surface area contributed by atoms with Gasteiger partial charge in [-0.05, 0) is 46.0 Å². The highest BCUT2D eigenvalue weighted by Gasteiger charge is 2.22. The van der Waals surface area contributed by atoms with Gasteiger partial charge in [-0.25, -0.2) is 4.79 Å². The van der Waals surface area contributed by atoms with Gasteiger partial charge in [0.1, 0.15) is 6.04 Å². The van der Waals surface area contributed by atoms with Crippen LogP contribution >= 0.6 is 0 Å². The third-order valence-electron chi connectivity index (χ3n) is 7.88. The molecule has 9 nitrogen and oxygen atoms in total. The molecular formula is C34H64N2O7. The number of aliphatic carboxylic acids is 2.